The van der Waals surface area contributed by atoms with Gasteiger partial charge in [-0.15, -0.1) is 0 Å². The number of carbonyl (C=O) groups is 9. The second-order valence-corrected chi connectivity index (χ2v) is 21.9. The number of rotatable bonds is 31. The number of hydroxylamine groups is 2. The van der Waals surface area contributed by atoms with Crippen molar-refractivity contribution in [1.82, 2.24) is 46.1 Å². The van der Waals surface area contributed by atoms with Gasteiger partial charge in [0.05, 0.1) is 49.3 Å². The van der Waals surface area contributed by atoms with E-state index in [0.29, 0.717) is 71.2 Å². The molecular formula is C57H91N9O12. The number of hydrogen-bond acceptors (Lipinski definition) is 14. The SMILES string of the molecule is CC[C@H](C)[C@@H]([C@@H](CC(=O)N1CCC[C@H]1[C@H](OC)[C@@H](C)C(=O)N[C@@H](Cc1ccccc1)C(=O)N1CCCCO1)OC)N(C)[C@H](C(=O)NC(=O)[C@H](C(C)C)N(C)CCCC(=O)NNC(=O)CCCCCN1C(=O)C=CC1=O)C(C)C. The van der Waals surface area contributed by atoms with E-state index < -0.39 is 66.1 Å². The molecule has 2 saturated heterocycles. The van der Waals surface area contributed by atoms with Crippen LogP contribution in [0.4, 0.5) is 0 Å². The van der Waals surface area contributed by atoms with Crippen molar-refractivity contribution in [1.29, 1.82) is 0 Å². The van der Waals surface area contributed by atoms with Gasteiger partial charge in [0, 0.05) is 71.3 Å². The molecule has 0 bridgehead atoms. The summed E-state index contributed by atoms with van der Waals surface area (Å²) >= 11 is 0. The molecule has 3 aliphatic heterocycles. The summed E-state index contributed by atoms with van der Waals surface area (Å²) in [4.78, 5) is 132. The minimum Gasteiger partial charge on any atom is -0.379 e. The van der Waals surface area contributed by atoms with E-state index in [-0.39, 0.29) is 85.4 Å². The number of amides is 9. The highest BCUT2D eigenvalue weighted by Crippen LogP contribution is 2.31. The molecule has 4 N–H and O–H groups in total. The van der Waals surface area contributed by atoms with E-state index in [4.69, 9.17) is 14.3 Å². The number of unbranched alkanes of at least 4 members (excludes halogenated alkanes) is 2. The molecule has 4 rings (SSSR count). The summed E-state index contributed by atoms with van der Waals surface area (Å²) < 4.78 is 12.2. The molecule has 9 amide bonds. The Kier molecular flexibility index (Phi) is 27.0. The van der Waals surface area contributed by atoms with Gasteiger partial charge >= 0.3 is 0 Å². The van der Waals surface area contributed by atoms with E-state index in [1.807, 2.05) is 81.8 Å². The minimum absolute atomic E-state index is 0.0179. The van der Waals surface area contributed by atoms with E-state index in [1.165, 1.54) is 24.3 Å². The fourth-order valence-electron chi connectivity index (χ4n) is 11.2. The Balaban J connectivity index is 1.35. The van der Waals surface area contributed by atoms with E-state index >= 15 is 0 Å². The first-order chi connectivity index (χ1) is 37.1. The van der Waals surface area contributed by atoms with E-state index in [1.54, 1.807) is 26.0 Å². The van der Waals surface area contributed by atoms with Crippen molar-refractivity contribution < 1.29 is 57.5 Å². The standard InChI is InChI=1S/C57H91N9O12/c1-12-39(6)52(44(76-10)36-49(71)64-32-21-25-43(64)53(77-11)40(7)54(72)58-42(35-41-23-15-13-16-24-41)57(75)66-33-19-20-34-78-66)63(9)51(38(4)5)56(74)59-55(73)50(37(2)3)62(8)30-22-27-46(68)61-60-45(67)26-17-14-18-31-65-47(69)28-29-48(65)70/h13,15-16,23-24,28-29,37-40,42-44,50-53H,12,14,17-22,25-27,30-36H2,1-11H3,(H,58,72)(H,60,67)(H,61,68)(H,59,73,74)/t39-,40+,42-,43-,44+,50-,51-,52-,53+/m0/s1. The molecule has 2 fully saturated rings. The number of benzene rings is 1. The van der Waals surface area contributed by atoms with Gasteiger partial charge in [-0.3, -0.25) is 78.9 Å². The second kappa shape index (κ2) is 32.5. The monoisotopic (exact) mass is 1090 g/mol. The number of nitrogens with zero attached hydrogens (tertiary/aromatic N) is 5. The predicted molar refractivity (Wildman–Crippen MR) is 293 cm³/mol. The van der Waals surface area contributed by atoms with Gasteiger partial charge in [-0.25, -0.2) is 5.06 Å². The Morgan fingerprint density at radius 2 is 1.38 bits per heavy atom. The Morgan fingerprint density at radius 3 is 1.96 bits per heavy atom. The lowest BCUT2D eigenvalue weighted by atomic mass is 9.87. The molecule has 436 valence electrons. The number of carbonyl (C=O) groups excluding carboxylic acids is 9. The van der Waals surface area contributed by atoms with Gasteiger partial charge in [-0.05, 0) is 88.9 Å². The highest BCUT2D eigenvalue weighted by molar-refractivity contribution is 6.12. The van der Waals surface area contributed by atoms with Crippen LogP contribution in [0.2, 0.25) is 0 Å². The summed E-state index contributed by atoms with van der Waals surface area (Å²) in [6.45, 7) is 15.4. The molecule has 21 heteroatoms. The number of ether oxygens (including phenoxy) is 2. The molecule has 0 aromatic heterocycles. The number of nitrogens with one attached hydrogen (secondary N) is 4. The summed E-state index contributed by atoms with van der Waals surface area (Å²) in [5.41, 5.74) is 5.74. The second-order valence-electron chi connectivity index (χ2n) is 21.9. The summed E-state index contributed by atoms with van der Waals surface area (Å²) in [7, 11) is 6.68. The fourth-order valence-corrected chi connectivity index (χ4v) is 11.2. The van der Waals surface area contributed by atoms with Crippen LogP contribution in [0.5, 0.6) is 0 Å². The molecule has 78 heavy (non-hydrogen) atoms. The van der Waals surface area contributed by atoms with Crippen LogP contribution >= 0.6 is 0 Å². The van der Waals surface area contributed by atoms with Crippen LogP contribution in [-0.2, 0) is 63.9 Å². The summed E-state index contributed by atoms with van der Waals surface area (Å²) in [5.74, 6) is -4.55. The third kappa shape index (κ3) is 18.8. The normalized spacial score (nSPS) is 18.9. The quantitative estimate of drug-likeness (QED) is 0.0471. The van der Waals surface area contributed by atoms with Crippen LogP contribution in [0.15, 0.2) is 42.5 Å². The molecule has 21 nitrogen and oxygen atoms in total. The first-order valence-electron chi connectivity index (χ1n) is 28.2. The smallest absolute Gasteiger partial charge is 0.269 e. The maximum absolute atomic E-state index is 14.6. The molecule has 0 unspecified atom stereocenters. The highest BCUT2D eigenvalue weighted by atomic mass is 16.7. The van der Waals surface area contributed by atoms with Crippen LogP contribution in [0.1, 0.15) is 131 Å². The molecule has 0 saturated carbocycles. The number of hydrogen-bond donors (Lipinski definition) is 4. The average molecular weight is 1090 g/mol. The summed E-state index contributed by atoms with van der Waals surface area (Å²) in [6.07, 6.45) is 7.31. The average Bonchev–Trinajstić information content (AvgIpc) is 4.03. The Morgan fingerprint density at radius 1 is 0.756 bits per heavy atom. The van der Waals surface area contributed by atoms with Crippen molar-refractivity contribution >= 4 is 53.2 Å². The first kappa shape index (κ1) is 64.9. The topological polar surface area (TPSA) is 246 Å². The molecular weight excluding hydrogens is 1000 g/mol. The van der Waals surface area contributed by atoms with Crippen molar-refractivity contribution in [3.05, 3.63) is 48.0 Å². The van der Waals surface area contributed by atoms with Gasteiger partial charge in [0.25, 0.3) is 17.7 Å². The molecule has 0 spiro atoms. The predicted octanol–water partition coefficient (Wildman–Crippen LogP) is 3.70. The molecule has 9 atom stereocenters. The van der Waals surface area contributed by atoms with Gasteiger partial charge in [0.1, 0.15) is 6.04 Å². The summed E-state index contributed by atoms with van der Waals surface area (Å²) in [5, 5.41) is 7.07. The molecule has 0 radical (unpaired) electrons. The van der Waals surface area contributed by atoms with Gasteiger partial charge in [-0.2, -0.15) is 0 Å². The fraction of sp³-hybridized carbons (Fsp3) is 0.702. The zero-order valence-electron chi connectivity index (χ0n) is 48.3. The van der Waals surface area contributed by atoms with E-state index in [0.717, 1.165) is 23.3 Å². The van der Waals surface area contributed by atoms with Crippen LogP contribution in [-0.4, -0.2) is 181 Å². The van der Waals surface area contributed by atoms with E-state index in [2.05, 4.69) is 28.4 Å². The first-order valence-corrected chi connectivity index (χ1v) is 28.2. The van der Waals surface area contributed by atoms with Gasteiger partial charge in [-0.1, -0.05) is 91.6 Å². The number of likely N-dealkylation sites (N-methyl/N-ethyl adjacent to an activating group) is 2. The Bertz CT molecular complexity index is 2170. The van der Waals surface area contributed by atoms with Gasteiger partial charge in [0.15, 0.2) is 0 Å². The lowest BCUT2D eigenvalue weighted by molar-refractivity contribution is -0.199. The molecule has 1 aromatic rings. The number of methoxy groups -OCH3 is 2. The zero-order valence-corrected chi connectivity index (χ0v) is 48.3. The lowest BCUT2D eigenvalue weighted by Crippen LogP contribution is -2.60. The molecule has 3 aliphatic rings. The van der Waals surface area contributed by atoms with Crippen LogP contribution in [0.3, 0.4) is 0 Å². The van der Waals surface area contributed by atoms with Crippen LogP contribution in [0, 0.1) is 23.7 Å². The van der Waals surface area contributed by atoms with Crippen molar-refractivity contribution in [2.45, 2.75) is 174 Å². The Labute approximate surface area is 462 Å². The largest absolute Gasteiger partial charge is 0.379 e. The van der Waals surface area contributed by atoms with Crippen molar-refractivity contribution in [2.24, 2.45) is 23.7 Å². The molecule has 0 aliphatic carbocycles. The maximum atomic E-state index is 14.6. The zero-order chi connectivity index (χ0) is 57.6. The van der Waals surface area contributed by atoms with Gasteiger partial charge < -0.3 is 19.7 Å². The Hall–Kier alpha value is -5.61. The van der Waals surface area contributed by atoms with Crippen molar-refractivity contribution in [3.63, 3.8) is 0 Å². The van der Waals surface area contributed by atoms with Crippen molar-refractivity contribution in [3.8, 4) is 0 Å². The minimum atomic E-state index is -0.880. The van der Waals surface area contributed by atoms with Crippen LogP contribution in [0.25, 0.3) is 0 Å². The third-order valence-corrected chi connectivity index (χ3v) is 15.5. The van der Waals surface area contributed by atoms with Crippen molar-refractivity contribution in [2.75, 3.05) is 61.1 Å². The maximum Gasteiger partial charge on any atom is 0.269 e. The third-order valence-electron chi connectivity index (χ3n) is 15.5. The van der Waals surface area contributed by atoms with Gasteiger partial charge in [0.2, 0.25) is 35.4 Å². The number of imide groups is 2. The van der Waals surface area contributed by atoms with Crippen LogP contribution < -0.4 is 21.5 Å². The number of hydrazine groups is 1. The van der Waals surface area contributed by atoms with E-state index in [9.17, 15) is 43.2 Å². The summed E-state index contributed by atoms with van der Waals surface area (Å²) in [6, 6.07) is 6.23. The number of likely N-dealkylation sites (tertiary alicyclic amines) is 1. The molecule has 3 heterocycles. The highest BCUT2D eigenvalue weighted by Gasteiger charge is 2.44. The lowest BCUT2D eigenvalue weighted by Gasteiger charge is -2.43. The molecule has 1 aromatic carbocycles.